The Morgan fingerprint density at radius 3 is 2.89 bits per heavy atom. The number of aromatic amines is 1. The van der Waals surface area contributed by atoms with Gasteiger partial charge in [0.05, 0.1) is 15.9 Å². The molecular formula is C10H12BrN5O2S. The van der Waals surface area contributed by atoms with E-state index in [4.69, 9.17) is 5.73 Å². The first-order valence-corrected chi connectivity index (χ1v) is 7.60. The van der Waals surface area contributed by atoms with Crippen LogP contribution in [0.3, 0.4) is 0 Å². The van der Waals surface area contributed by atoms with Crippen molar-refractivity contribution >= 4 is 31.8 Å². The van der Waals surface area contributed by atoms with Crippen LogP contribution in [0.25, 0.3) is 0 Å². The van der Waals surface area contributed by atoms with E-state index >= 15 is 0 Å². The van der Waals surface area contributed by atoms with Gasteiger partial charge in [0.25, 0.3) is 10.0 Å². The minimum Gasteiger partial charge on any atom is -0.325 e. The normalized spacial score (nSPS) is 11.5. The maximum absolute atomic E-state index is 12.3. The molecule has 0 bridgehead atoms. The van der Waals surface area contributed by atoms with Gasteiger partial charge in [-0.3, -0.25) is 9.82 Å². The Bertz CT molecular complexity index is 698. The second kappa shape index (κ2) is 5.27. The number of hydrogen-bond donors (Lipinski definition) is 3. The molecule has 2 heterocycles. The molecule has 0 aromatic carbocycles. The molecular weight excluding hydrogens is 334 g/mol. The van der Waals surface area contributed by atoms with Crippen LogP contribution in [0.2, 0.25) is 0 Å². The molecule has 4 N–H and O–H groups in total. The molecule has 0 radical (unpaired) electrons. The maximum Gasteiger partial charge on any atom is 0.266 e. The summed E-state index contributed by atoms with van der Waals surface area (Å²) in [4.78, 5) is 4.02. The fourth-order valence-electron chi connectivity index (χ4n) is 1.60. The Hall–Kier alpha value is -1.45. The van der Waals surface area contributed by atoms with Crippen molar-refractivity contribution in [1.82, 2.24) is 15.2 Å². The number of nitrogens with zero attached hydrogens (tertiary/aromatic N) is 2. The van der Waals surface area contributed by atoms with E-state index in [2.05, 4.69) is 35.8 Å². The van der Waals surface area contributed by atoms with Gasteiger partial charge in [-0.15, -0.1) is 0 Å². The second-order valence-corrected chi connectivity index (χ2v) is 6.24. The number of H-pyrrole nitrogens is 1. The molecule has 0 aliphatic heterocycles. The summed E-state index contributed by atoms with van der Waals surface area (Å²) in [7, 11) is -3.78. The Kier molecular flexibility index (Phi) is 3.88. The van der Waals surface area contributed by atoms with E-state index in [1.807, 2.05) is 0 Å². The number of anilines is 1. The maximum atomic E-state index is 12.3. The first kappa shape index (κ1) is 14.0. The van der Waals surface area contributed by atoms with Crippen molar-refractivity contribution in [2.75, 3.05) is 4.72 Å². The van der Waals surface area contributed by atoms with Crippen LogP contribution in [0.4, 0.5) is 5.82 Å². The van der Waals surface area contributed by atoms with Gasteiger partial charge in [0, 0.05) is 12.7 Å². The lowest BCUT2D eigenvalue weighted by Gasteiger charge is -2.09. The molecule has 9 heteroatoms. The molecule has 0 aliphatic carbocycles. The Labute approximate surface area is 118 Å². The smallest absolute Gasteiger partial charge is 0.266 e. The van der Waals surface area contributed by atoms with Crippen molar-refractivity contribution in [2.45, 2.75) is 18.4 Å². The number of rotatable bonds is 4. The van der Waals surface area contributed by atoms with Gasteiger partial charge >= 0.3 is 0 Å². The molecule has 0 unspecified atom stereocenters. The molecule has 0 saturated carbocycles. The molecule has 19 heavy (non-hydrogen) atoms. The molecule has 0 atom stereocenters. The van der Waals surface area contributed by atoms with Crippen LogP contribution in [0.15, 0.2) is 27.7 Å². The average Bonchev–Trinajstić information content (AvgIpc) is 2.74. The molecule has 0 fully saturated rings. The van der Waals surface area contributed by atoms with Gasteiger partial charge in [0.15, 0.2) is 5.82 Å². The standard InChI is InChI=1S/C10H12BrN5O2S/c1-6-9(8(5-12)15-14-6)19(17,18)16-10-7(11)3-2-4-13-10/h2-4H,5,12H2,1H3,(H,13,16)(H,14,15). The first-order chi connectivity index (χ1) is 8.95. The van der Waals surface area contributed by atoms with Crippen molar-refractivity contribution in [3.63, 3.8) is 0 Å². The number of nitrogens with one attached hydrogen (secondary N) is 2. The summed E-state index contributed by atoms with van der Waals surface area (Å²) in [6, 6.07) is 3.38. The van der Waals surface area contributed by atoms with Gasteiger partial charge in [-0.2, -0.15) is 5.10 Å². The number of halogens is 1. The van der Waals surface area contributed by atoms with Gasteiger partial charge in [-0.1, -0.05) is 0 Å². The summed E-state index contributed by atoms with van der Waals surface area (Å²) in [5.41, 5.74) is 6.20. The SMILES string of the molecule is Cc1[nH]nc(CN)c1S(=O)(=O)Nc1ncccc1Br. The van der Waals surface area contributed by atoms with Gasteiger partial charge in [0.1, 0.15) is 4.90 Å². The molecule has 0 aliphatic rings. The van der Waals surface area contributed by atoms with Gasteiger partial charge < -0.3 is 5.73 Å². The Morgan fingerprint density at radius 2 is 2.26 bits per heavy atom. The van der Waals surface area contributed by atoms with Crippen molar-refractivity contribution in [1.29, 1.82) is 0 Å². The Morgan fingerprint density at radius 1 is 1.53 bits per heavy atom. The summed E-state index contributed by atoms with van der Waals surface area (Å²) < 4.78 is 27.6. The molecule has 0 spiro atoms. The minimum absolute atomic E-state index is 0.0317. The summed E-state index contributed by atoms with van der Waals surface area (Å²) in [6.07, 6.45) is 1.49. The zero-order chi connectivity index (χ0) is 14.0. The lowest BCUT2D eigenvalue weighted by molar-refractivity contribution is 0.599. The lowest BCUT2D eigenvalue weighted by atomic mass is 10.4. The highest BCUT2D eigenvalue weighted by Gasteiger charge is 2.24. The molecule has 2 rings (SSSR count). The van der Waals surface area contributed by atoms with Crippen molar-refractivity contribution in [3.05, 3.63) is 34.2 Å². The fraction of sp³-hybridized carbons (Fsp3) is 0.200. The van der Waals surface area contributed by atoms with E-state index in [9.17, 15) is 8.42 Å². The Balaban J connectivity index is 2.44. The van der Waals surface area contributed by atoms with E-state index in [1.54, 1.807) is 19.1 Å². The summed E-state index contributed by atoms with van der Waals surface area (Å²) in [6.45, 7) is 1.65. The van der Waals surface area contributed by atoms with Crippen molar-refractivity contribution in [2.24, 2.45) is 5.73 Å². The largest absolute Gasteiger partial charge is 0.325 e. The zero-order valence-corrected chi connectivity index (χ0v) is 12.4. The zero-order valence-electron chi connectivity index (χ0n) is 10.0. The molecule has 0 saturated heterocycles. The predicted octanol–water partition coefficient (Wildman–Crippen LogP) is 1.14. The topological polar surface area (TPSA) is 114 Å². The highest BCUT2D eigenvalue weighted by atomic mass is 79.9. The number of hydrogen-bond acceptors (Lipinski definition) is 5. The fourth-order valence-corrected chi connectivity index (χ4v) is 3.50. The van der Waals surface area contributed by atoms with Crippen LogP contribution < -0.4 is 10.5 Å². The van der Waals surface area contributed by atoms with Crippen LogP contribution >= 0.6 is 15.9 Å². The summed E-state index contributed by atoms with van der Waals surface area (Å²) in [5, 5.41) is 6.48. The van der Waals surface area contributed by atoms with Crippen LogP contribution in [-0.2, 0) is 16.6 Å². The third kappa shape index (κ3) is 2.77. The van der Waals surface area contributed by atoms with Crippen molar-refractivity contribution < 1.29 is 8.42 Å². The van der Waals surface area contributed by atoms with E-state index in [0.717, 1.165) is 0 Å². The van der Waals surface area contributed by atoms with E-state index in [0.29, 0.717) is 10.2 Å². The van der Waals surface area contributed by atoms with Crippen LogP contribution in [0.1, 0.15) is 11.4 Å². The number of aromatic nitrogens is 3. The quantitative estimate of drug-likeness (QED) is 0.768. The number of nitrogens with two attached hydrogens (primary N) is 1. The number of sulfonamides is 1. The average molecular weight is 346 g/mol. The highest BCUT2D eigenvalue weighted by molar-refractivity contribution is 9.10. The highest BCUT2D eigenvalue weighted by Crippen LogP contribution is 2.24. The predicted molar refractivity (Wildman–Crippen MR) is 74.0 cm³/mol. The van der Waals surface area contributed by atoms with Crippen molar-refractivity contribution in [3.8, 4) is 0 Å². The first-order valence-electron chi connectivity index (χ1n) is 5.33. The monoisotopic (exact) mass is 345 g/mol. The minimum atomic E-state index is -3.78. The second-order valence-electron chi connectivity index (χ2n) is 3.77. The molecule has 2 aromatic heterocycles. The summed E-state index contributed by atoms with van der Waals surface area (Å²) >= 11 is 3.23. The molecule has 2 aromatic rings. The summed E-state index contributed by atoms with van der Waals surface area (Å²) in [5.74, 6) is 0.214. The lowest BCUT2D eigenvalue weighted by Crippen LogP contribution is -2.17. The molecule has 102 valence electrons. The van der Waals surface area contributed by atoms with E-state index in [1.165, 1.54) is 6.20 Å². The number of aryl methyl sites for hydroxylation is 1. The van der Waals surface area contributed by atoms with Gasteiger partial charge in [-0.25, -0.2) is 13.4 Å². The van der Waals surface area contributed by atoms with Crippen LogP contribution in [0.5, 0.6) is 0 Å². The van der Waals surface area contributed by atoms with Crippen LogP contribution in [0, 0.1) is 6.92 Å². The van der Waals surface area contributed by atoms with Gasteiger partial charge in [-0.05, 0) is 35.0 Å². The van der Waals surface area contributed by atoms with Crippen LogP contribution in [-0.4, -0.2) is 23.6 Å². The molecule has 0 amide bonds. The number of pyridine rings is 1. The van der Waals surface area contributed by atoms with Gasteiger partial charge in [0.2, 0.25) is 0 Å². The third-order valence-electron chi connectivity index (χ3n) is 2.41. The van der Waals surface area contributed by atoms with E-state index in [-0.39, 0.29) is 23.0 Å². The third-order valence-corrected chi connectivity index (χ3v) is 4.59. The van der Waals surface area contributed by atoms with E-state index < -0.39 is 10.0 Å². The molecule has 7 nitrogen and oxygen atoms in total.